The third-order valence-corrected chi connectivity index (χ3v) is 2.19. The van der Waals surface area contributed by atoms with Gasteiger partial charge in [-0.3, -0.25) is 0 Å². The lowest BCUT2D eigenvalue weighted by atomic mass is 10.1. The second-order valence-corrected chi connectivity index (χ2v) is 3.05. The van der Waals surface area contributed by atoms with Crippen LogP contribution < -0.4 is 5.32 Å². The molecule has 1 N–H and O–H groups in total. The third-order valence-electron chi connectivity index (χ3n) is 2.19. The van der Waals surface area contributed by atoms with Crippen molar-refractivity contribution in [2.45, 2.75) is 6.42 Å². The van der Waals surface area contributed by atoms with Gasteiger partial charge < -0.3 is 9.73 Å². The minimum absolute atomic E-state index is 0.857. The molecule has 3 rings (SSSR count). The number of nitrogens with zero attached hydrogens (tertiary/aromatic N) is 1. The predicted octanol–water partition coefficient (Wildman–Crippen LogP) is 2.31. The number of hydrogen-bond donors (Lipinski definition) is 1. The molecular formula is C10H8N2O. The summed E-state index contributed by atoms with van der Waals surface area (Å²) < 4.78 is 5.27. The highest BCUT2D eigenvalue weighted by molar-refractivity contribution is 5.77. The lowest BCUT2D eigenvalue weighted by Gasteiger charge is -2.10. The standard InChI is InChI=1S/C10H8N2O/c1-2-7-6-9-8(3-5-13-9)12-10(7)11-4-1/h1,3-6H,2H2,(H,11,12). The van der Waals surface area contributed by atoms with Crippen molar-refractivity contribution in [2.75, 3.05) is 5.32 Å². The molecule has 1 aliphatic rings. The van der Waals surface area contributed by atoms with Crippen molar-refractivity contribution in [3.63, 3.8) is 0 Å². The van der Waals surface area contributed by atoms with E-state index in [1.54, 1.807) is 6.26 Å². The topological polar surface area (TPSA) is 38.1 Å². The van der Waals surface area contributed by atoms with Crippen LogP contribution >= 0.6 is 0 Å². The molecule has 0 saturated heterocycles. The highest BCUT2D eigenvalue weighted by atomic mass is 16.3. The summed E-state index contributed by atoms with van der Waals surface area (Å²) in [4.78, 5) is 4.42. The fourth-order valence-electron chi connectivity index (χ4n) is 1.54. The second kappa shape index (κ2) is 2.36. The minimum Gasteiger partial charge on any atom is -0.463 e. The zero-order valence-electron chi connectivity index (χ0n) is 6.95. The number of hydrogen-bond acceptors (Lipinski definition) is 3. The highest BCUT2D eigenvalue weighted by Crippen LogP contribution is 2.23. The molecule has 0 spiro atoms. The molecule has 3 nitrogen and oxygen atoms in total. The van der Waals surface area contributed by atoms with Gasteiger partial charge in [0.2, 0.25) is 0 Å². The van der Waals surface area contributed by atoms with Gasteiger partial charge in [0.15, 0.2) is 5.58 Å². The van der Waals surface area contributed by atoms with Crippen LogP contribution in [0.4, 0.5) is 5.82 Å². The predicted molar refractivity (Wildman–Crippen MR) is 50.5 cm³/mol. The Morgan fingerprint density at radius 1 is 1.46 bits per heavy atom. The molecule has 1 aliphatic heterocycles. The van der Waals surface area contributed by atoms with Crippen molar-refractivity contribution >= 4 is 16.9 Å². The van der Waals surface area contributed by atoms with Crippen LogP contribution in [0.2, 0.25) is 0 Å². The van der Waals surface area contributed by atoms with Gasteiger partial charge in [0, 0.05) is 11.6 Å². The Hall–Kier alpha value is -1.77. The number of aromatic nitrogens is 1. The first-order valence-electron chi connectivity index (χ1n) is 4.22. The van der Waals surface area contributed by atoms with Crippen LogP contribution in [0.15, 0.2) is 35.1 Å². The molecule has 0 aliphatic carbocycles. The van der Waals surface area contributed by atoms with Gasteiger partial charge in [0.25, 0.3) is 0 Å². The molecule has 3 heterocycles. The molecule has 0 fully saturated rings. The van der Waals surface area contributed by atoms with Crippen LogP contribution in [-0.4, -0.2) is 4.98 Å². The lowest BCUT2D eigenvalue weighted by molar-refractivity contribution is 0.615. The van der Waals surface area contributed by atoms with Gasteiger partial charge in [-0.25, -0.2) is 4.98 Å². The van der Waals surface area contributed by atoms with Gasteiger partial charge in [0.05, 0.1) is 6.26 Å². The van der Waals surface area contributed by atoms with E-state index in [4.69, 9.17) is 4.42 Å². The molecule has 0 bridgehead atoms. The summed E-state index contributed by atoms with van der Waals surface area (Å²) in [5.41, 5.74) is 2.95. The summed E-state index contributed by atoms with van der Waals surface area (Å²) >= 11 is 0. The van der Waals surface area contributed by atoms with Crippen LogP contribution in [0.25, 0.3) is 11.1 Å². The molecule has 64 valence electrons. The molecule has 0 unspecified atom stereocenters. The molecule has 0 radical (unpaired) electrons. The van der Waals surface area contributed by atoms with Crippen molar-refractivity contribution in [3.05, 3.63) is 36.2 Å². The molecule has 3 heteroatoms. The van der Waals surface area contributed by atoms with E-state index in [2.05, 4.69) is 16.4 Å². The first-order chi connectivity index (χ1) is 6.43. The summed E-state index contributed by atoms with van der Waals surface area (Å²) in [5.74, 6) is 0.941. The number of furan rings is 1. The van der Waals surface area contributed by atoms with E-state index in [1.165, 1.54) is 5.56 Å². The first-order valence-corrected chi connectivity index (χ1v) is 4.22. The number of nitrogens with one attached hydrogen (secondary N) is 1. The van der Waals surface area contributed by atoms with Gasteiger partial charge in [-0.05, 0) is 18.7 Å². The van der Waals surface area contributed by atoms with E-state index < -0.39 is 0 Å². The summed E-state index contributed by atoms with van der Waals surface area (Å²) in [6.07, 6.45) is 6.57. The van der Waals surface area contributed by atoms with Crippen molar-refractivity contribution in [1.82, 2.24) is 4.98 Å². The van der Waals surface area contributed by atoms with Crippen LogP contribution in [0.1, 0.15) is 5.56 Å². The average Bonchev–Trinajstić information content (AvgIpc) is 2.61. The molecule has 0 aromatic carbocycles. The molecule has 0 amide bonds. The number of pyridine rings is 1. The molecule has 2 aromatic rings. The Morgan fingerprint density at radius 3 is 3.46 bits per heavy atom. The van der Waals surface area contributed by atoms with Crippen LogP contribution in [0.5, 0.6) is 0 Å². The van der Waals surface area contributed by atoms with Crippen molar-refractivity contribution in [3.8, 4) is 0 Å². The maximum atomic E-state index is 5.27. The quantitative estimate of drug-likeness (QED) is 0.662. The first kappa shape index (κ1) is 6.71. The second-order valence-electron chi connectivity index (χ2n) is 3.05. The molecule has 0 atom stereocenters. The van der Waals surface area contributed by atoms with Crippen molar-refractivity contribution < 1.29 is 4.42 Å². The molecule has 13 heavy (non-hydrogen) atoms. The van der Waals surface area contributed by atoms with E-state index in [-0.39, 0.29) is 0 Å². The molecular weight excluding hydrogens is 164 g/mol. The van der Waals surface area contributed by atoms with E-state index in [1.807, 2.05) is 18.3 Å². The Bertz CT molecular complexity index is 443. The number of allylic oxidation sites excluding steroid dienone is 1. The van der Waals surface area contributed by atoms with Gasteiger partial charge in [-0.1, -0.05) is 6.08 Å². The number of anilines is 1. The fraction of sp³-hybridized carbons (Fsp3) is 0.100. The van der Waals surface area contributed by atoms with Crippen LogP contribution in [0.3, 0.4) is 0 Å². The largest absolute Gasteiger partial charge is 0.463 e. The zero-order valence-corrected chi connectivity index (χ0v) is 6.95. The summed E-state index contributed by atoms with van der Waals surface area (Å²) in [7, 11) is 0. The normalized spacial score (nSPS) is 14.2. The summed E-state index contributed by atoms with van der Waals surface area (Å²) in [6.45, 7) is 0. The Kier molecular flexibility index (Phi) is 1.22. The molecule has 2 aromatic heterocycles. The lowest BCUT2D eigenvalue weighted by Crippen LogP contribution is -2.01. The summed E-state index contributed by atoms with van der Waals surface area (Å²) in [6, 6.07) is 3.91. The van der Waals surface area contributed by atoms with E-state index in [9.17, 15) is 0 Å². The SMILES string of the molecule is C1=CNc2nc3ccoc3cc2C1. The number of fused-ring (bicyclic) bond motifs is 2. The van der Waals surface area contributed by atoms with E-state index in [0.717, 1.165) is 23.3 Å². The smallest absolute Gasteiger partial charge is 0.152 e. The van der Waals surface area contributed by atoms with Gasteiger partial charge in [-0.2, -0.15) is 0 Å². The number of rotatable bonds is 0. The van der Waals surface area contributed by atoms with E-state index in [0.29, 0.717) is 0 Å². The van der Waals surface area contributed by atoms with Crippen LogP contribution in [0, 0.1) is 0 Å². The van der Waals surface area contributed by atoms with Gasteiger partial charge in [-0.15, -0.1) is 0 Å². The van der Waals surface area contributed by atoms with Gasteiger partial charge in [0.1, 0.15) is 11.3 Å². The highest BCUT2D eigenvalue weighted by Gasteiger charge is 2.08. The molecule has 0 saturated carbocycles. The fourth-order valence-corrected chi connectivity index (χ4v) is 1.54. The van der Waals surface area contributed by atoms with Crippen molar-refractivity contribution in [2.24, 2.45) is 0 Å². The maximum Gasteiger partial charge on any atom is 0.152 e. The average molecular weight is 172 g/mol. The van der Waals surface area contributed by atoms with Gasteiger partial charge >= 0.3 is 0 Å². The monoisotopic (exact) mass is 172 g/mol. The summed E-state index contributed by atoms with van der Waals surface area (Å²) in [5, 5.41) is 3.11. The van der Waals surface area contributed by atoms with Crippen molar-refractivity contribution in [1.29, 1.82) is 0 Å². The Morgan fingerprint density at radius 2 is 2.46 bits per heavy atom. The maximum absolute atomic E-state index is 5.27. The zero-order chi connectivity index (χ0) is 8.67. The minimum atomic E-state index is 0.857. The Labute approximate surface area is 75.1 Å². The van der Waals surface area contributed by atoms with Crippen LogP contribution in [-0.2, 0) is 6.42 Å². The third kappa shape index (κ3) is 0.935. The van der Waals surface area contributed by atoms with E-state index >= 15 is 0 Å². The Balaban J connectivity index is 2.31.